The molecule has 1 aromatic carbocycles. The van der Waals surface area contributed by atoms with Crippen LogP contribution in [-0.2, 0) is 19.3 Å². The monoisotopic (exact) mass is 407 g/mol. The van der Waals surface area contributed by atoms with Gasteiger partial charge in [-0.1, -0.05) is 30.2 Å². The van der Waals surface area contributed by atoms with Crippen LogP contribution in [0.3, 0.4) is 0 Å². The van der Waals surface area contributed by atoms with Crippen molar-refractivity contribution in [2.75, 3.05) is 6.54 Å². The van der Waals surface area contributed by atoms with Crippen LogP contribution in [0.2, 0.25) is 5.02 Å². The van der Waals surface area contributed by atoms with Gasteiger partial charge in [0, 0.05) is 16.4 Å². The number of carbonyl (C=O) groups is 1. The van der Waals surface area contributed by atoms with Gasteiger partial charge in [0.15, 0.2) is 5.11 Å². The highest BCUT2D eigenvalue weighted by Gasteiger charge is 2.16. The Morgan fingerprint density at radius 3 is 2.69 bits per heavy atom. The number of fused-ring (bicyclic) bond motifs is 1. The minimum atomic E-state index is -0.134. The van der Waals surface area contributed by atoms with Gasteiger partial charge in [-0.2, -0.15) is 0 Å². The molecule has 0 spiro atoms. The highest BCUT2D eigenvalue weighted by atomic mass is 35.5. The van der Waals surface area contributed by atoms with Crippen molar-refractivity contribution < 1.29 is 4.79 Å². The Kier molecular flexibility index (Phi) is 6.88. The van der Waals surface area contributed by atoms with Gasteiger partial charge in [-0.3, -0.25) is 15.6 Å². The molecule has 0 saturated carbocycles. The van der Waals surface area contributed by atoms with Crippen LogP contribution < -0.4 is 16.2 Å². The molecule has 3 N–H and O–H groups in total. The van der Waals surface area contributed by atoms with Gasteiger partial charge in [-0.25, -0.2) is 0 Å². The summed E-state index contributed by atoms with van der Waals surface area (Å²) in [7, 11) is 0. The number of amides is 1. The number of thiocarbonyl (C=S) groups is 1. The largest absolute Gasteiger partial charge is 0.361 e. The van der Waals surface area contributed by atoms with Crippen LogP contribution in [0.15, 0.2) is 30.3 Å². The van der Waals surface area contributed by atoms with Crippen LogP contribution in [0.4, 0.5) is 0 Å². The molecule has 1 aliphatic rings. The van der Waals surface area contributed by atoms with Gasteiger partial charge in [0.05, 0.1) is 4.88 Å². The van der Waals surface area contributed by atoms with Gasteiger partial charge < -0.3 is 5.32 Å². The molecule has 0 atom stereocenters. The molecular formula is C19H22ClN3OS2. The molecule has 138 valence electrons. The number of rotatable bonds is 4. The molecule has 3 rings (SSSR count). The predicted molar refractivity (Wildman–Crippen MR) is 112 cm³/mol. The second-order valence-electron chi connectivity index (χ2n) is 6.33. The zero-order valence-electron chi connectivity index (χ0n) is 14.4. The fraction of sp³-hybridized carbons (Fsp3) is 0.368. The first-order chi connectivity index (χ1) is 12.6. The topological polar surface area (TPSA) is 53.2 Å². The van der Waals surface area contributed by atoms with E-state index < -0.39 is 0 Å². The van der Waals surface area contributed by atoms with E-state index in [-0.39, 0.29) is 5.91 Å². The number of thiophene rings is 1. The Bertz CT molecular complexity index is 750. The highest BCUT2D eigenvalue weighted by molar-refractivity contribution is 7.80. The Morgan fingerprint density at radius 2 is 1.88 bits per heavy atom. The first kappa shape index (κ1) is 19.1. The average molecular weight is 408 g/mol. The molecule has 0 aliphatic heterocycles. The van der Waals surface area contributed by atoms with Crippen molar-refractivity contribution in [2.45, 2.75) is 38.5 Å². The highest BCUT2D eigenvalue weighted by Crippen LogP contribution is 2.28. The molecule has 0 unspecified atom stereocenters. The first-order valence-corrected chi connectivity index (χ1v) is 10.4. The lowest BCUT2D eigenvalue weighted by Gasteiger charge is -2.11. The number of hydrogen-bond donors (Lipinski definition) is 3. The van der Waals surface area contributed by atoms with E-state index in [0.29, 0.717) is 11.7 Å². The third kappa shape index (κ3) is 5.43. The summed E-state index contributed by atoms with van der Waals surface area (Å²) in [5, 5.41) is 4.22. The van der Waals surface area contributed by atoms with Crippen molar-refractivity contribution >= 4 is 46.2 Å². The van der Waals surface area contributed by atoms with Gasteiger partial charge in [-0.05, 0) is 73.6 Å². The molecule has 0 bridgehead atoms. The summed E-state index contributed by atoms with van der Waals surface area (Å²) in [6.45, 7) is 0.677. The van der Waals surface area contributed by atoms with E-state index >= 15 is 0 Å². The maximum absolute atomic E-state index is 12.3. The summed E-state index contributed by atoms with van der Waals surface area (Å²) in [4.78, 5) is 14.4. The molecular weight excluding hydrogens is 386 g/mol. The van der Waals surface area contributed by atoms with Crippen molar-refractivity contribution in [1.29, 1.82) is 0 Å². The van der Waals surface area contributed by atoms with Gasteiger partial charge in [0.1, 0.15) is 0 Å². The number of benzene rings is 1. The van der Waals surface area contributed by atoms with Crippen molar-refractivity contribution in [1.82, 2.24) is 16.2 Å². The quantitative estimate of drug-likeness (QED) is 0.407. The lowest BCUT2D eigenvalue weighted by atomic mass is 10.1. The average Bonchev–Trinajstić information content (AvgIpc) is 2.92. The van der Waals surface area contributed by atoms with Crippen LogP contribution in [0.25, 0.3) is 0 Å². The molecule has 26 heavy (non-hydrogen) atoms. The van der Waals surface area contributed by atoms with Crippen LogP contribution in [0.5, 0.6) is 0 Å². The SMILES string of the molecule is O=C(NNC(=S)NCCc1ccc(Cl)cc1)c1cc2c(s1)CCCCC2. The summed E-state index contributed by atoms with van der Waals surface area (Å²) < 4.78 is 0. The lowest BCUT2D eigenvalue weighted by Crippen LogP contribution is -2.47. The molecule has 4 nitrogen and oxygen atoms in total. The second kappa shape index (κ2) is 9.35. The molecule has 1 heterocycles. The molecule has 0 saturated heterocycles. The standard InChI is InChI=1S/C19H22ClN3OS2/c20-15-8-6-13(7-9-15)10-11-21-19(25)23-22-18(24)17-12-14-4-2-1-3-5-16(14)26-17/h6-9,12H,1-5,10-11H2,(H,22,24)(H2,21,23,25). The maximum Gasteiger partial charge on any atom is 0.279 e. The zero-order chi connectivity index (χ0) is 18.4. The van der Waals surface area contributed by atoms with Gasteiger partial charge in [0.25, 0.3) is 5.91 Å². The van der Waals surface area contributed by atoms with Gasteiger partial charge in [0.2, 0.25) is 0 Å². The summed E-state index contributed by atoms with van der Waals surface area (Å²) in [5.41, 5.74) is 7.96. The van der Waals surface area contributed by atoms with Crippen LogP contribution in [0, 0.1) is 0 Å². The minimum Gasteiger partial charge on any atom is -0.361 e. The Hall–Kier alpha value is -1.63. The van der Waals surface area contributed by atoms with Crippen molar-refractivity contribution in [2.24, 2.45) is 0 Å². The number of nitrogens with one attached hydrogen (secondary N) is 3. The van der Waals surface area contributed by atoms with E-state index in [1.165, 1.54) is 35.3 Å². The molecule has 7 heteroatoms. The van der Waals surface area contributed by atoms with E-state index in [4.69, 9.17) is 23.8 Å². The summed E-state index contributed by atoms with van der Waals surface area (Å²) in [6, 6.07) is 9.75. The van der Waals surface area contributed by atoms with Gasteiger partial charge >= 0.3 is 0 Å². The van der Waals surface area contributed by atoms with E-state index in [0.717, 1.165) is 29.2 Å². The number of aryl methyl sites for hydroxylation is 2. The first-order valence-electron chi connectivity index (χ1n) is 8.82. The van der Waals surface area contributed by atoms with E-state index in [9.17, 15) is 4.79 Å². The molecule has 2 aromatic rings. The molecule has 1 aliphatic carbocycles. The van der Waals surface area contributed by atoms with E-state index in [2.05, 4.69) is 16.2 Å². The summed E-state index contributed by atoms with van der Waals surface area (Å²) >= 11 is 12.7. The number of hydrogen-bond acceptors (Lipinski definition) is 3. The number of carbonyl (C=O) groups excluding carboxylic acids is 1. The Balaban J connectivity index is 1.41. The van der Waals surface area contributed by atoms with E-state index in [1.807, 2.05) is 30.3 Å². The molecule has 1 aromatic heterocycles. The smallest absolute Gasteiger partial charge is 0.279 e. The fourth-order valence-corrected chi connectivity index (χ4v) is 4.40. The van der Waals surface area contributed by atoms with Crippen LogP contribution in [-0.4, -0.2) is 17.6 Å². The summed E-state index contributed by atoms with van der Waals surface area (Å²) in [5.74, 6) is -0.134. The minimum absolute atomic E-state index is 0.134. The van der Waals surface area contributed by atoms with E-state index in [1.54, 1.807) is 11.3 Å². The number of halogens is 1. The molecule has 0 fully saturated rings. The van der Waals surface area contributed by atoms with Crippen LogP contribution in [0.1, 0.15) is 44.9 Å². The van der Waals surface area contributed by atoms with Crippen LogP contribution >= 0.6 is 35.2 Å². The van der Waals surface area contributed by atoms with Gasteiger partial charge in [-0.15, -0.1) is 11.3 Å². The van der Waals surface area contributed by atoms with Crippen molar-refractivity contribution in [3.63, 3.8) is 0 Å². The molecule has 0 radical (unpaired) electrons. The Labute approximate surface area is 168 Å². The van der Waals surface area contributed by atoms with Crippen molar-refractivity contribution in [3.05, 3.63) is 56.2 Å². The van der Waals surface area contributed by atoms with Crippen molar-refractivity contribution in [3.8, 4) is 0 Å². The summed E-state index contributed by atoms with van der Waals surface area (Å²) in [6.07, 6.45) is 6.70. The number of hydrazine groups is 1. The Morgan fingerprint density at radius 1 is 1.12 bits per heavy atom. The predicted octanol–water partition coefficient (Wildman–Crippen LogP) is 4.02. The molecule has 1 amide bonds. The normalized spacial score (nSPS) is 13.4. The second-order valence-corrected chi connectivity index (χ2v) is 8.31. The maximum atomic E-state index is 12.3. The fourth-order valence-electron chi connectivity index (χ4n) is 2.97. The zero-order valence-corrected chi connectivity index (χ0v) is 16.8. The third-order valence-electron chi connectivity index (χ3n) is 4.37. The lowest BCUT2D eigenvalue weighted by molar-refractivity contribution is 0.0947. The third-order valence-corrected chi connectivity index (χ3v) is 6.11.